The number of amides is 2. The molecule has 112 valence electrons. The molecule has 0 aromatic heterocycles. The van der Waals surface area contributed by atoms with Crippen molar-refractivity contribution >= 4 is 23.5 Å². The predicted molar refractivity (Wildman–Crippen MR) is 73.9 cm³/mol. The van der Waals surface area contributed by atoms with Crippen molar-refractivity contribution in [1.29, 1.82) is 0 Å². The summed E-state index contributed by atoms with van der Waals surface area (Å²) in [5.74, 6) is -2.03. The average molecular weight is 292 g/mol. The molecular formula is C14H16N2O5. The SMILES string of the molecule is CCN1C(=O)CN(CC(=O)O)C(=O)c2cc(CO)ccc21. The molecule has 1 heterocycles. The Balaban J connectivity index is 2.53. The van der Waals surface area contributed by atoms with E-state index < -0.39 is 18.4 Å². The Bertz CT molecular complexity index is 599. The van der Waals surface area contributed by atoms with Crippen LogP contribution in [0, 0.1) is 0 Å². The Labute approximate surface area is 121 Å². The van der Waals surface area contributed by atoms with Crippen molar-refractivity contribution < 1.29 is 24.6 Å². The molecule has 7 nitrogen and oxygen atoms in total. The number of rotatable bonds is 4. The van der Waals surface area contributed by atoms with Crippen LogP contribution in [0.4, 0.5) is 5.69 Å². The summed E-state index contributed by atoms with van der Waals surface area (Å²) in [7, 11) is 0. The number of aliphatic hydroxyl groups excluding tert-OH is 1. The standard InChI is InChI=1S/C14H16N2O5/c1-2-16-11-4-3-9(8-17)5-10(11)14(21)15(6-12(16)18)7-13(19)20/h3-5,17H,2,6-8H2,1H3,(H,19,20). The molecule has 0 saturated carbocycles. The monoisotopic (exact) mass is 292 g/mol. The summed E-state index contributed by atoms with van der Waals surface area (Å²) in [6.45, 7) is 1.10. The highest BCUT2D eigenvalue weighted by molar-refractivity contribution is 6.10. The summed E-state index contributed by atoms with van der Waals surface area (Å²) in [5.41, 5.74) is 1.20. The van der Waals surface area contributed by atoms with E-state index in [1.54, 1.807) is 19.1 Å². The van der Waals surface area contributed by atoms with Gasteiger partial charge >= 0.3 is 5.97 Å². The number of nitrogens with zero attached hydrogens (tertiary/aromatic N) is 2. The number of aliphatic carboxylic acids is 1. The molecule has 7 heteroatoms. The van der Waals surface area contributed by atoms with E-state index in [0.29, 0.717) is 17.8 Å². The van der Waals surface area contributed by atoms with Crippen LogP contribution in [0.15, 0.2) is 18.2 Å². The lowest BCUT2D eigenvalue weighted by atomic mass is 10.1. The van der Waals surface area contributed by atoms with Crippen molar-refractivity contribution in [2.75, 3.05) is 24.5 Å². The molecule has 0 fully saturated rings. The lowest BCUT2D eigenvalue weighted by Crippen LogP contribution is -2.41. The molecule has 21 heavy (non-hydrogen) atoms. The van der Waals surface area contributed by atoms with E-state index >= 15 is 0 Å². The molecule has 1 aromatic rings. The van der Waals surface area contributed by atoms with Gasteiger partial charge in [-0.25, -0.2) is 0 Å². The van der Waals surface area contributed by atoms with E-state index in [4.69, 9.17) is 5.11 Å². The van der Waals surface area contributed by atoms with Crippen LogP contribution in [0.25, 0.3) is 0 Å². The molecule has 0 bridgehead atoms. The molecule has 0 radical (unpaired) electrons. The topological polar surface area (TPSA) is 98.2 Å². The number of anilines is 1. The first-order chi connectivity index (χ1) is 9.97. The number of carbonyl (C=O) groups is 3. The summed E-state index contributed by atoms with van der Waals surface area (Å²) in [6.07, 6.45) is 0. The molecule has 2 rings (SSSR count). The smallest absolute Gasteiger partial charge is 0.323 e. The Morgan fingerprint density at radius 2 is 2.05 bits per heavy atom. The van der Waals surface area contributed by atoms with Gasteiger partial charge in [0.15, 0.2) is 0 Å². The third-order valence-corrected chi connectivity index (χ3v) is 3.32. The van der Waals surface area contributed by atoms with E-state index in [-0.39, 0.29) is 24.6 Å². The molecule has 1 aromatic carbocycles. The normalized spacial score (nSPS) is 15.0. The Hall–Kier alpha value is -2.41. The fourth-order valence-electron chi connectivity index (χ4n) is 2.35. The second-order valence-corrected chi connectivity index (χ2v) is 4.70. The third kappa shape index (κ3) is 2.87. The van der Waals surface area contributed by atoms with Gasteiger partial charge in [0, 0.05) is 6.54 Å². The lowest BCUT2D eigenvalue weighted by Gasteiger charge is -2.20. The quantitative estimate of drug-likeness (QED) is 0.818. The number of fused-ring (bicyclic) bond motifs is 1. The number of benzene rings is 1. The van der Waals surface area contributed by atoms with Gasteiger partial charge in [-0.15, -0.1) is 0 Å². The summed E-state index contributed by atoms with van der Waals surface area (Å²) in [4.78, 5) is 37.9. The van der Waals surface area contributed by atoms with Crippen LogP contribution in [-0.2, 0) is 16.2 Å². The minimum Gasteiger partial charge on any atom is -0.480 e. The zero-order valence-corrected chi connectivity index (χ0v) is 11.6. The first-order valence-corrected chi connectivity index (χ1v) is 6.53. The maximum Gasteiger partial charge on any atom is 0.323 e. The average Bonchev–Trinajstić information content (AvgIpc) is 2.54. The van der Waals surface area contributed by atoms with Crippen LogP contribution in [0.1, 0.15) is 22.8 Å². The zero-order chi connectivity index (χ0) is 15.6. The molecule has 0 aliphatic carbocycles. The van der Waals surface area contributed by atoms with E-state index in [0.717, 1.165) is 4.90 Å². The summed E-state index contributed by atoms with van der Waals surface area (Å²) in [6, 6.07) is 4.73. The molecular weight excluding hydrogens is 276 g/mol. The van der Waals surface area contributed by atoms with Gasteiger partial charge < -0.3 is 20.0 Å². The van der Waals surface area contributed by atoms with Crippen molar-refractivity contribution in [3.63, 3.8) is 0 Å². The van der Waals surface area contributed by atoms with Gasteiger partial charge in [0.25, 0.3) is 5.91 Å². The van der Waals surface area contributed by atoms with Crippen LogP contribution in [-0.4, -0.2) is 52.5 Å². The summed E-state index contributed by atoms with van der Waals surface area (Å²) >= 11 is 0. The zero-order valence-electron chi connectivity index (χ0n) is 11.6. The van der Waals surface area contributed by atoms with Crippen LogP contribution in [0.3, 0.4) is 0 Å². The van der Waals surface area contributed by atoms with Gasteiger partial charge in [0.05, 0.1) is 17.9 Å². The number of aliphatic hydroxyl groups is 1. The minimum absolute atomic E-state index is 0.232. The van der Waals surface area contributed by atoms with Gasteiger partial charge in [-0.2, -0.15) is 0 Å². The van der Waals surface area contributed by atoms with E-state index in [2.05, 4.69) is 0 Å². The predicted octanol–water partition coefficient (Wildman–Crippen LogP) is 0.0722. The minimum atomic E-state index is -1.18. The molecule has 0 spiro atoms. The largest absolute Gasteiger partial charge is 0.480 e. The Morgan fingerprint density at radius 3 is 2.62 bits per heavy atom. The Kier molecular flexibility index (Phi) is 4.23. The van der Waals surface area contributed by atoms with Crippen LogP contribution < -0.4 is 4.90 Å². The number of carboxylic acids is 1. The van der Waals surface area contributed by atoms with E-state index in [1.807, 2.05) is 0 Å². The summed E-state index contributed by atoms with van der Waals surface area (Å²) in [5, 5.41) is 18.1. The van der Waals surface area contributed by atoms with Crippen LogP contribution in [0.5, 0.6) is 0 Å². The molecule has 0 unspecified atom stereocenters. The maximum atomic E-state index is 12.4. The number of hydrogen-bond acceptors (Lipinski definition) is 4. The molecule has 1 aliphatic rings. The highest BCUT2D eigenvalue weighted by atomic mass is 16.4. The molecule has 0 saturated heterocycles. The van der Waals surface area contributed by atoms with Crippen molar-refractivity contribution in [3.05, 3.63) is 29.3 Å². The highest BCUT2D eigenvalue weighted by Gasteiger charge is 2.31. The van der Waals surface area contributed by atoms with E-state index in [1.165, 1.54) is 11.0 Å². The number of carboxylic acid groups (broad SMARTS) is 1. The first kappa shape index (κ1) is 15.0. The number of carbonyl (C=O) groups excluding carboxylic acids is 2. The fourth-order valence-corrected chi connectivity index (χ4v) is 2.35. The first-order valence-electron chi connectivity index (χ1n) is 6.53. The number of hydrogen-bond donors (Lipinski definition) is 2. The third-order valence-electron chi connectivity index (χ3n) is 3.32. The summed E-state index contributed by atoms with van der Waals surface area (Å²) < 4.78 is 0. The van der Waals surface area contributed by atoms with Gasteiger partial charge in [-0.05, 0) is 24.6 Å². The fraction of sp³-hybridized carbons (Fsp3) is 0.357. The van der Waals surface area contributed by atoms with Crippen molar-refractivity contribution in [2.24, 2.45) is 0 Å². The second kappa shape index (κ2) is 5.92. The lowest BCUT2D eigenvalue weighted by molar-refractivity contribution is -0.138. The van der Waals surface area contributed by atoms with Crippen molar-refractivity contribution in [2.45, 2.75) is 13.5 Å². The van der Waals surface area contributed by atoms with Gasteiger partial charge in [-0.3, -0.25) is 14.4 Å². The van der Waals surface area contributed by atoms with Gasteiger partial charge in [0.2, 0.25) is 5.91 Å². The van der Waals surface area contributed by atoms with Gasteiger partial charge in [0.1, 0.15) is 13.1 Å². The van der Waals surface area contributed by atoms with Gasteiger partial charge in [-0.1, -0.05) is 6.07 Å². The number of likely N-dealkylation sites (N-methyl/N-ethyl adjacent to an activating group) is 1. The second-order valence-electron chi connectivity index (χ2n) is 4.70. The van der Waals surface area contributed by atoms with Crippen molar-refractivity contribution in [3.8, 4) is 0 Å². The van der Waals surface area contributed by atoms with Crippen LogP contribution in [0.2, 0.25) is 0 Å². The van der Waals surface area contributed by atoms with Crippen molar-refractivity contribution in [1.82, 2.24) is 4.90 Å². The van der Waals surface area contributed by atoms with Crippen LogP contribution >= 0.6 is 0 Å². The molecule has 2 amide bonds. The van der Waals surface area contributed by atoms with E-state index in [9.17, 15) is 19.5 Å². The molecule has 0 atom stereocenters. The molecule has 1 aliphatic heterocycles. The maximum absolute atomic E-state index is 12.4. The highest BCUT2D eigenvalue weighted by Crippen LogP contribution is 2.26. The Morgan fingerprint density at radius 1 is 1.33 bits per heavy atom. The molecule has 2 N–H and O–H groups in total.